The third kappa shape index (κ3) is 4.01. The average molecular weight is 239 g/mol. The molecule has 6 heteroatoms. The summed E-state index contributed by atoms with van der Waals surface area (Å²) in [7, 11) is 1.56. The number of nitrogens with zero attached hydrogens (tertiary/aromatic N) is 1. The number of rotatable bonds is 5. The number of ether oxygens (including phenoxy) is 1. The Kier molecular flexibility index (Phi) is 4.86. The summed E-state index contributed by atoms with van der Waals surface area (Å²) in [6, 6.07) is 2.35. The smallest absolute Gasteiger partial charge is 0.250 e. The van der Waals surface area contributed by atoms with Gasteiger partial charge in [0.1, 0.15) is 0 Å². The van der Waals surface area contributed by atoms with Crippen LogP contribution in [-0.4, -0.2) is 30.2 Å². The van der Waals surface area contributed by atoms with Crippen LogP contribution in [0.3, 0.4) is 0 Å². The number of aromatic nitrogens is 1. The van der Waals surface area contributed by atoms with E-state index in [1.165, 1.54) is 10.6 Å². The van der Waals surface area contributed by atoms with E-state index in [9.17, 15) is 9.59 Å². The molecule has 0 aliphatic rings. The van der Waals surface area contributed by atoms with Crippen LogP contribution in [0.5, 0.6) is 0 Å². The van der Waals surface area contributed by atoms with Crippen molar-refractivity contribution in [2.45, 2.75) is 19.5 Å². The van der Waals surface area contributed by atoms with E-state index in [0.29, 0.717) is 18.8 Å². The van der Waals surface area contributed by atoms with Crippen LogP contribution in [0.4, 0.5) is 5.69 Å². The Hall–Kier alpha value is -1.66. The Morgan fingerprint density at radius 3 is 2.88 bits per heavy atom. The van der Waals surface area contributed by atoms with Gasteiger partial charge in [-0.15, -0.1) is 0 Å². The third-order valence-electron chi connectivity index (χ3n) is 2.20. The van der Waals surface area contributed by atoms with Gasteiger partial charge in [-0.3, -0.25) is 9.59 Å². The van der Waals surface area contributed by atoms with E-state index in [2.05, 4.69) is 5.32 Å². The Bertz CT molecular complexity index is 440. The van der Waals surface area contributed by atoms with Gasteiger partial charge in [0.25, 0.3) is 5.56 Å². The largest absolute Gasteiger partial charge is 0.383 e. The maximum atomic E-state index is 11.5. The van der Waals surface area contributed by atoms with E-state index in [1.54, 1.807) is 26.3 Å². The first-order chi connectivity index (χ1) is 8.04. The summed E-state index contributed by atoms with van der Waals surface area (Å²) in [6.45, 7) is 2.47. The van der Waals surface area contributed by atoms with Crippen LogP contribution in [0.2, 0.25) is 0 Å². The second-order valence-electron chi connectivity index (χ2n) is 3.72. The number of carbonyl (C=O) groups excluding carboxylic acids is 1. The van der Waals surface area contributed by atoms with Gasteiger partial charge in [0, 0.05) is 25.9 Å². The van der Waals surface area contributed by atoms with Crippen molar-refractivity contribution in [3.8, 4) is 0 Å². The highest BCUT2D eigenvalue weighted by atomic mass is 16.5. The molecule has 17 heavy (non-hydrogen) atoms. The topological polar surface area (TPSA) is 86.3 Å². The molecule has 0 aliphatic carbocycles. The van der Waals surface area contributed by atoms with Gasteiger partial charge >= 0.3 is 0 Å². The van der Waals surface area contributed by atoms with Crippen LogP contribution < -0.4 is 16.6 Å². The zero-order valence-corrected chi connectivity index (χ0v) is 9.97. The summed E-state index contributed by atoms with van der Waals surface area (Å²) < 4.78 is 6.37. The normalized spacial score (nSPS) is 12.2. The highest BCUT2D eigenvalue weighted by Crippen LogP contribution is 2.03. The van der Waals surface area contributed by atoms with Crippen molar-refractivity contribution in [1.82, 2.24) is 4.57 Å². The predicted octanol–water partition coefficient (Wildman–Crippen LogP) is -0.220. The highest BCUT2D eigenvalue weighted by molar-refractivity contribution is 5.94. The molecular formula is C11H17N3O3. The third-order valence-corrected chi connectivity index (χ3v) is 2.20. The van der Waals surface area contributed by atoms with Crippen LogP contribution in [0, 0.1) is 0 Å². The summed E-state index contributed by atoms with van der Waals surface area (Å²) in [5, 5.41) is 2.62. The molecule has 0 unspecified atom stereocenters. The fourth-order valence-electron chi connectivity index (χ4n) is 1.23. The number of methoxy groups -OCH3 is 1. The molecule has 1 aromatic rings. The number of carbonyl (C=O) groups is 1. The van der Waals surface area contributed by atoms with Crippen LogP contribution in [0.15, 0.2) is 23.1 Å². The molecule has 1 heterocycles. The van der Waals surface area contributed by atoms with Gasteiger partial charge in [-0.1, -0.05) is 0 Å². The first-order valence-corrected chi connectivity index (χ1v) is 5.30. The summed E-state index contributed by atoms with van der Waals surface area (Å²) in [5.41, 5.74) is 5.84. The molecule has 0 saturated carbocycles. The van der Waals surface area contributed by atoms with Gasteiger partial charge in [-0.2, -0.15) is 0 Å². The second-order valence-corrected chi connectivity index (χ2v) is 3.72. The monoisotopic (exact) mass is 239 g/mol. The van der Waals surface area contributed by atoms with Crippen molar-refractivity contribution in [3.63, 3.8) is 0 Å². The fraction of sp³-hybridized carbons (Fsp3) is 0.455. The minimum atomic E-state index is -0.589. The van der Waals surface area contributed by atoms with Crippen molar-refractivity contribution in [1.29, 1.82) is 0 Å². The Labute approximate surface area is 99.4 Å². The lowest BCUT2D eigenvalue weighted by Crippen LogP contribution is -2.33. The predicted molar refractivity (Wildman–Crippen MR) is 64.9 cm³/mol. The minimum absolute atomic E-state index is 0.138. The Balaban J connectivity index is 2.81. The van der Waals surface area contributed by atoms with Crippen molar-refractivity contribution in [2.24, 2.45) is 5.73 Å². The van der Waals surface area contributed by atoms with Crippen LogP contribution in [0.1, 0.15) is 6.92 Å². The highest BCUT2D eigenvalue weighted by Gasteiger charge is 2.08. The van der Waals surface area contributed by atoms with E-state index >= 15 is 0 Å². The number of amides is 1. The van der Waals surface area contributed by atoms with Gasteiger partial charge in [-0.25, -0.2) is 0 Å². The summed E-state index contributed by atoms with van der Waals surface area (Å²) in [6.07, 6.45) is 1.57. The lowest BCUT2D eigenvalue weighted by molar-refractivity contribution is -0.117. The quantitative estimate of drug-likeness (QED) is 0.743. The number of nitrogens with one attached hydrogen (secondary N) is 1. The molecule has 0 fully saturated rings. The number of hydrogen-bond acceptors (Lipinski definition) is 4. The van der Waals surface area contributed by atoms with Crippen molar-refractivity contribution in [2.75, 3.05) is 19.0 Å². The van der Waals surface area contributed by atoms with Crippen molar-refractivity contribution < 1.29 is 9.53 Å². The zero-order valence-electron chi connectivity index (χ0n) is 9.97. The van der Waals surface area contributed by atoms with E-state index < -0.39 is 6.04 Å². The van der Waals surface area contributed by atoms with Crippen LogP contribution in [0.25, 0.3) is 0 Å². The van der Waals surface area contributed by atoms with Crippen LogP contribution in [-0.2, 0) is 16.1 Å². The zero-order chi connectivity index (χ0) is 12.8. The SMILES string of the molecule is COCCn1cc(NC(=O)[C@@H](C)N)ccc1=O. The van der Waals surface area contributed by atoms with E-state index in [1.807, 2.05) is 0 Å². The number of anilines is 1. The van der Waals surface area contributed by atoms with E-state index in [-0.39, 0.29) is 11.5 Å². The van der Waals surface area contributed by atoms with Crippen molar-refractivity contribution >= 4 is 11.6 Å². The minimum Gasteiger partial charge on any atom is -0.383 e. The molecule has 0 spiro atoms. The molecule has 1 amide bonds. The number of hydrogen-bond donors (Lipinski definition) is 2. The van der Waals surface area contributed by atoms with Gasteiger partial charge < -0.3 is 20.4 Å². The molecule has 6 nitrogen and oxygen atoms in total. The molecular weight excluding hydrogens is 222 g/mol. The van der Waals surface area contributed by atoms with Crippen molar-refractivity contribution in [3.05, 3.63) is 28.7 Å². The van der Waals surface area contributed by atoms with Gasteiger partial charge in [-0.05, 0) is 13.0 Å². The Morgan fingerprint density at radius 1 is 1.59 bits per heavy atom. The standard InChI is InChI=1S/C11H17N3O3/c1-8(12)11(16)13-9-3-4-10(15)14(7-9)5-6-17-2/h3-4,7-8H,5-6,12H2,1-2H3,(H,13,16)/t8-/m1/s1. The first kappa shape index (κ1) is 13.4. The number of nitrogens with two attached hydrogens (primary N) is 1. The maximum Gasteiger partial charge on any atom is 0.250 e. The molecule has 94 valence electrons. The summed E-state index contributed by atoms with van der Waals surface area (Å²) in [4.78, 5) is 22.8. The molecule has 0 saturated heterocycles. The second kappa shape index (κ2) is 6.17. The molecule has 0 aromatic carbocycles. The van der Waals surface area contributed by atoms with Gasteiger partial charge in [0.2, 0.25) is 5.91 Å². The average Bonchev–Trinajstić information content (AvgIpc) is 2.29. The van der Waals surface area contributed by atoms with E-state index in [0.717, 1.165) is 0 Å². The Morgan fingerprint density at radius 2 is 2.29 bits per heavy atom. The maximum absolute atomic E-state index is 11.5. The van der Waals surface area contributed by atoms with Gasteiger partial charge in [0.15, 0.2) is 0 Å². The number of pyridine rings is 1. The molecule has 0 aliphatic heterocycles. The fourth-order valence-corrected chi connectivity index (χ4v) is 1.23. The lowest BCUT2D eigenvalue weighted by Gasteiger charge is -2.10. The van der Waals surface area contributed by atoms with E-state index in [4.69, 9.17) is 10.5 Å². The molecule has 1 rings (SSSR count). The van der Waals surface area contributed by atoms with Crippen LogP contribution >= 0.6 is 0 Å². The lowest BCUT2D eigenvalue weighted by atomic mass is 10.3. The summed E-state index contributed by atoms with van der Waals surface area (Å²) >= 11 is 0. The molecule has 1 atom stereocenters. The van der Waals surface area contributed by atoms with Gasteiger partial charge in [0.05, 0.1) is 18.3 Å². The molecule has 3 N–H and O–H groups in total. The summed E-state index contributed by atoms with van der Waals surface area (Å²) in [5.74, 6) is -0.290. The molecule has 0 bridgehead atoms. The molecule has 1 aromatic heterocycles. The first-order valence-electron chi connectivity index (χ1n) is 5.30. The molecule has 0 radical (unpaired) electrons.